The summed E-state index contributed by atoms with van der Waals surface area (Å²) in [5, 5.41) is 3.21. The van der Waals surface area contributed by atoms with Gasteiger partial charge in [0.1, 0.15) is 6.26 Å². The third-order valence-electron chi connectivity index (χ3n) is 3.29. The minimum Gasteiger partial charge on any atom is -0.444 e. The fraction of sp³-hybridized carbons (Fsp3) is 0.286. The summed E-state index contributed by atoms with van der Waals surface area (Å²) >= 11 is 0. The topological polar surface area (TPSA) is 84.4 Å². The van der Waals surface area contributed by atoms with Crippen LogP contribution in [-0.2, 0) is 0 Å². The number of nitrogens with one attached hydrogen (secondary N) is 1. The van der Waals surface area contributed by atoms with E-state index >= 15 is 0 Å². The molecule has 1 aromatic heterocycles. The van der Waals surface area contributed by atoms with Crippen LogP contribution in [0.5, 0.6) is 0 Å². The van der Waals surface area contributed by atoms with Gasteiger partial charge in [0.25, 0.3) is 5.91 Å². The largest absolute Gasteiger partial charge is 0.444 e. The molecule has 1 saturated heterocycles. The van der Waals surface area contributed by atoms with Crippen LogP contribution in [0.25, 0.3) is 11.5 Å². The first-order chi connectivity index (χ1) is 9.74. The van der Waals surface area contributed by atoms with Gasteiger partial charge in [0, 0.05) is 37.4 Å². The summed E-state index contributed by atoms with van der Waals surface area (Å²) in [4.78, 5) is 18.3. The van der Waals surface area contributed by atoms with E-state index in [0.29, 0.717) is 30.4 Å². The standard InChI is InChI=1S/C14H16N4O2/c15-11-3-1-10(2-4-11)13-17-12(9-20-13)14(19)18-7-5-16-6-8-18/h1-4,9,16H,5-8,15H2. The fourth-order valence-corrected chi connectivity index (χ4v) is 2.16. The Labute approximate surface area is 116 Å². The number of rotatable bonds is 2. The quantitative estimate of drug-likeness (QED) is 0.796. The molecule has 3 N–H and O–H groups in total. The van der Waals surface area contributed by atoms with Crippen molar-refractivity contribution in [2.75, 3.05) is 31.9 Å². The first-order valence-corrected chi connectivity index (χ1v) is 6.55. The van der Waals surface area contributed by atoms with Crippen LogP contribution in [0.4, 0.5) is 5.69 Å². The van der Waals surface area contributed by atoms with Crippen molar-refractivity contribution >= 4 is 11.6 Å². The number of nitrogens with two attached hydrogens (primary N) is 1. The first-order valence-electron chi connectivity index (χ1n) is 6.55. The maximum Gasteiger partial charge on any atom is 0.275 e. The Morgan fingerprint density at radius 2 is 1.95 bits per heavy atom. The highest BCUT2D eigenvalue weighted by molar-refractivity contribution is 5.92. The molecule has 1 aliphatic rings. The lowest BCUT2D eigenvalue weighted by Gasteiger charge is -2.26. The average Bonchev–Trinajstić information content (AvgIpc) is 2.98. The van der Waals surface area contributed by atoms with Crippen LogP contribution >= 0.6 is 0 Å². The van der Waals surface area contributed by atoms with E-state index in [1.165, 1.54) is 6.26 Å². The van der Waals surface area contributed by atoms with Gasteiger partial charge in [-0.3, -0.25) is 4.79 Å². The lowest BCUT2D eigenvalue weighted by atomic mass is 10.2. The van der Waals surface area contributed by atoms with E-state index in [4.69, 9.17) is 10.2 Å². The molecule has 1 aromatic carbocycles. The molecule has 0 atom stereocenters. The smallest absolute Gasteiger partial charge is 0.275 e. The number of carbonyl (C=O) groups excluding carboxylic acids is 1. The number of nitrogen functional groups attached to an aromatic ring is 1. The molecule has 3 rings (SSSR count). The Bertz CT molecular complexity index is 600. The zero-order chi connectivity index (χ0) is 13.9. The van der Waals surface area contributed by atoms with E-state index in [0.717, 1.165) is 18.7 Å². The zero-order valence-electron chi connectivity index (χ0n) is 11.0. The van der Waals surface area contributed by atoms with E-state index < -0.39 is 0 Å². The Morgan fingerprint density at radius 1 is 1.25 bits per heavy atom. The highest BCUT2D eigenvalue weighted by Crippen LogP contribution is 2.20. The van der Waals surface area contributed by atoms with Crippen molar-refractivity contribution < 1.29 is 9.21 Å². The van der Waals surface area contributed by atoms with Crippen LogP contribution in [-0.4, -0.2) is 42.0 Å². The summed E-state index contributed by atoms with van der Waals surface area (Å²) < 4.78 is 5.39. The summed E-state index contributed by atoms with van der Waals surface area (Å²) in [6, 6.07) is 7.19. The van der Waals surface area contributed by atoms with Crippen LogP contribution in [0.1, 0.15) is 10.5 Å². The van der Waals surface area contributed by atoms with Gasteiger partial charge in [-0.25, -0.2) is 4.98 Å². The predicted octanol–water partition coefficient (Wildman–Crippen LogP) is 0.969. The van der Waals surface area contributed by atoms with Gasteiger partial charge in [-0.2, -0.15) is 0 Å². The lowest BCUT2D eigenvalue weighted by Crippen LogP contribution is -2.46. The van der Waals surface area contributed by atoms with E-state index in [-0.39, 0.29) is 5.91 Å². The molecule has 20 heavy (non-hydrogen) atoms. The molecule has 0 radical (unpaired) electrons. The maximum atomic E-state index is 12.3. The number of nitrogens with zero attached hydrogens (tertiary/aromatic N) is 2. The molecule has 1 aliphatic heterocycles. The minimum absolute atomic E-state index is 0.0862. The third kappa shape index (κ3) is 2.50. The molecule has 0 saturated carbocycles. The van der Waals surface area contributed by atoms with Crippen molar-refractivity contribution in [3.05, 3.63) is 36.2 Å². The Balaban J connectivity index is 1.79. The molecule has 0 aliphatic carbocycles. The third-order valence-corrected chi connectivity index (χ3v) is 3.29. The van der Waals surface area contributed by atoms with Crippen molar-refractivity contribution in [1.29, 1.82) is 0 Å². The second-order valence-electron chi connectivity index (χ2n) is 4.70. The maximum absolute atomic E-state index is 12.3. The van der Waals surface area contributed by atoms with Gasteiger partial charge in [-0.15, -0.1) is 0 Å². The molecular formula is C14H16N4O2. The molecule has 6 heteroatoms. The number of hydrogen-bond acceptors (Lipinski definition) is 5. The van der Waals surface area contributed by atoms with Crippen molar-refractivity contribution in [3.8, 4) is 11.5 Å². The Kier molecular flexibility index (Phi) is 3.39. The fourth-order valence-electron chi connectivity index (χ4n) is 2.16. The SMILES string of the molecule is Nc1ccc(-c2nc(C(=O)N3CCNCC3)co2)cc1. The van der Waals surface area contributed by atoms with Crippen molar-refractivity contribution in [1.82, 2.24) is 15.2 Å². The molecular weight excluding hydrogens is 256 g/mol. The number of aromatic nitrogens is 1. The Morgan fingerprint density at radius 3 is 2.65 bits per heavy atom. The summed E-state index contributed by atoms with van der Waals surface area (Å²) in [6.07, 6.45) is 1.41. The Hall–Kier alpha value is -2.34. The van der Waals surface area contributed by atoms with Gasteiger partial charge in [0.05, 0.1) is 0 Å². The van der Waals surface area contributed by atoms with Gasteiger partial charge < -0.3 is 20.4 Å². The van der Waals surface area contributed by atoms with Crippen molar-refractivity contribution in [2.45, 2.75) is 0 Å². The van der Waals surface area contributed by atoms with Gasteiger partial charge in [-0.05, 0) is 24.3 Å². The lowest BCUT2D eigenvalue weighted by molar-refractivity contribution is 0.0730. The summed E-state index contributed by atoms with van der Waals surface area (Å²) in [5.41, 5.74) is 7.47. The van der Waals surface area contributed by atoms with Gasteiger partial charge >= 0.3 is 0 Å². The van der Waals surface area contributed by atoms with E-state index in [2.05, 4.69) is 10.3 Å². The molecule has 0 unspecified atom stereocenters. The second-order valence-corrected chi connectivity index (χ2v) is 4.70. The number of carbonyl (C=O) groups is 1. The number of anilines is 1. The molecule has 1 fully saturated rings. The van der Waals surface area contributed by atoms with Gasteiger partial charge in [0.2, 0.25) is 5.89 Å². The number of benzene rings is 1. The summed E-state index contributed by atoms with van der Waals surface area (Å²) in [5.74, 6) is 0.348. The van der Waals surface area contributed by atoms with Crippen molar-refractivity contribution in [2.24, 2.45) is 0 Å². The molecule has 1 amide bonds. The molecule has 6 nitrogen and oxygen atoms in total. The van der Waals surface area contributed by atoms with Crippen LogP contribution in [0, 0.1) is 0 Å². The molecule has 0 bridgehead atoms. The van der Waals surface area contributed by atoms with Gasteiger partial charge in [0.15, 0.2) is 5.69 Å². The van der Waals surface area contributed by atoms with E-state index in [1.54, 1.807) is 17.0 Å². The number of amides is 1. The summed E-state index contributed by atoms with van der Waals surface area (Å²) in [7, 11) is 0. The second kappa shape index (κ2) is 5.34. The van der Waals surface area contributed by atoms with Crippen molar-refractivity contribution in [3.63, 3.8) is 0 Å². The molecule has 2 aromatic rings. The molecule has 2 heterocycles. The van der Waals surface area contributed by atoms with Crippen LogP contribution in [0.15, 0.2) is 34.9 Å². The van der Waals surface area contributed by atoms with Gasteiger partial charge in [-0.1, -0.05) is 0 Å². The predicted molar refractivity (Wildman–Crippen MR) is 75.1 cm³/mol. The number of piperazine rings is 1. The molecule has 104 valence electrons. The zero-order valence-corrected chi connectivity index (χ0v) is 11.0. The normalized spacial score (nSPS) is 15.3. The summed E-state index contributed by atoms with van der Waals surface area (Å²) in [6.45, 7) is 3.02. The highest BCUT2D eigenvalue weighted by atomic mass is 16.3. The number of hydrogen-bond donors (Lipinski definition) is 2. The van der Waals surface area contributed by atoms with Crippen LogP contribution in [0.2, 0.25) is 0 Å². The highest BCUT2D eigenvalue weighted by Gasteiger charge is 2.21. The van der Waals surface area contributed by atoms with Crippen LogP contribution in [0.3, 0.4) is 0 Å². The number of oxazole rings is 1. The average molecular weight is 272 g/mol. The van der Waals surface area contributed by atoms with E-state index in [1.807, 2.05) is 12.1 Å². The monoisotopic (exact) mass is 272 g/mol. The van der Waals surface area contributed by atoms with Crippen LogP contribution < -0.4 is 11.1 Å². The first kappa shape index (κ1) is 12.7. The molecule has 0 spiro atoms. The minimum atomic E-state index is -0.0862. The van der Waals surface area contributed by atoms with E-state index in [9.17, 15) is 4.79 Å².